The first-order chi connectivity index (χ1) is 10.1. The molecule has 1 aromatic heterocycles. The normalized spacial score (nSPS) is 19.8. The van der Waals surface area contributed by atoms with Crippen molar-refractivity contribution in [2.75, 3.05) is 6.54 Å². The molecule has 128 valence electrons. The molecule has 1 amide bonds. The van der Waals surface area contributed by atoms with E-state index in [0.29, 0.717) is 0 Å². The summed E-state index contributed by atoms with van der Waals surface area (Å²) in [7, 11) is 0. The van der Waals surface area contributed by atoms with Crippen LogP contribution in [0.2, 0.25) is 0 Å². The number of carbonyl (C=O) groups excluding carboxylic acids is 1. The minimum Gasteiger partial charge on any atom is -0.333 e. The van der Waals surface area contributed by atoms with Gasteiger partial charge in [-0.25, -0.2) is 4.98 Å². The highest BCUT2D eigenvalue weighted by atomic mass is 35.5. The molecule has 1 fully saturated rings. The number of benzene rings is 1. The van der Waals surface area contributed by atoms with Gasteiger partial charge in [0.2, 0.25) is 5.91 Å². The van der Waals surface area contributed by atoms with Crippen LogP contribution < -0.4 is 5.73 Å². The van der Waals surface area contributed by atoms with Gasteiger partial charge in [0, 0.05) is 12.6 Å². The fourth-order valence-corrected chi connectivity index (χ4v) is 3.92. The summed E-state index contributed by atoms with van der Waals surface area (Å²) in [6.07, 6.45) is 2.04. The zero-order chi connectivity index (χ0) is 15.0. The molecular formula is C16H23Cl2N3OS. The first kappa shape index (κ1) is 20.2. The average molecular weight is 376 g/mol. The standard InChI is InChI=1S/C16H21N3OS.2ClH/c1-10(11(2)17)16(20)19-9-5-7-13(19)15-18-12-6-3-4-8-14(12)21-15;;/h3-4,6,8,10-11,13H,5,7,9,17H2,1-2H3;2*1H. The first-order valence-corrected chi connectivity index (χ1v) is 8.31. The molecule has 1 aromatic carbocycles. The minimum atomic E-state index is -0.139. The van der Waals surface area contributed by atoms with E-state index < -0.39 is 0 Å². The average Bonchev–Trinajstić information content (AvgIpc) is 3.11. The van der Waals surface area contributed by atoms with Crippen molar-refractivity contribution in [1.29, 1.82) is 0 Å². The van der Waals surface area contributed by atoms with Crippen molar-refractivity contribution < 1.29 is 4.79 Å². The fourth-order valence-electron chi connectivity index (χ4n) is 2.81. The van der Waals surface area contributed by atoms with Crippen LogP contribution in [0.4, 0.5) is 0 Å². The van der Waals surface area contributed by atoms with Gasteiger partial charge in [-0.15, -0.1) is 36.2 Å². The summed E-state index contributed by atoms with van der Waals surface area (Å²) in [5.74, 6) is 0.0201. The number of para-hydroxylation sites is 1. The molecule has 3 unspecified atom stereocenters. The van der Waals surface area contributed by atoms with E-state index in [4.69, 9.17) is 10.7 Å². The molecular weight excluding hydrogens is 353 g/mol. The van der Waals surface area contributed by atoms with Gasteiger partial charge in [-0.05, 0) is 31.9 Å². The third kappa shape index (κ3) is 3.97. The van der Waals surface area contributed by atoms with E-state index in [-0.39, 0.29) is 48.7 Å². The molecule has 0 bridgehead atoms. The number of thiazole rings is 1. The minimum absolute atomic E-state index is 0. The monoisotopic (exact) mass is 375 g/mol. The Hall–Kier alpha value is -0.880. The molecule has 2 N–H and O–H groups in total. The van der Waals surface area contributed by atoms with Crippen molar-refractivity contribution >= 4 is 52.3 Å². The fraction of sp³-hybridized carbons (Fsp3) is 0.500. The molecule has 0 radical (unpaired) electrons. The number of fused-ring (bicyclic) bond motifs is 1. The van der Waals surface area contributed by atoms with Crippen LogP contribution in [0.15, 0.2) is 24.3 Å². The lowest BCUT2D eigenvalue weighted by molar-refractivity contribution is -0.136. The molecule has 1 saturated heterocycles. The van der Waals surface area contributed by atoms with Gasteiger partial charge in [0.25, 0.3) is 0 Å². The van der Waals surface area contributed by atoms with E-state index in [2.05, 4.69) is 6.07 Å². The van der Waals surface area contributed by atoms with Crippen LogP contribution in [0, 0.1) is 5.92 Å². The number of hydrogen-bond acceptors (Lipinski definition) is 4. The van der Waals surface area contributed by atoms with Crippen molar-refractivity contribution in [3.05, 3.63) is 29.3 Å². The number of nitrogens with zero attached hydrogens (tertiary/aromatic N) is 2. The van der Waals surface area contributed by atoms with Crippen LogP contribution >= 0.6 is 36.2 Å². The van der Waals surface area contributed by atoms with E-state index in [9.17, 15) is 4.79 Å². The highest BCUT2D eigenvalue weighted by Crippen LogP contribution is 2.37. The van der Waals surface area contributed by atoms with Crippen LogP contribution in [-0.2, 0) is 4.79 Å². The molecule has 23 heavy (non-hydrogen) atoms. The lowest BCUT2D eigenvalue weighted by atomic mass is 10.0. The summed E-state index contributed by atoms with van der Waals surface area (Å²) in [5, 5.41) is 1.05. The Kier molecular flexibility index (Phi) is 7.27. The van der Waals surface area contributed by atoms with Crippen molar-refractivity contribution in [2.45, 2.75) is 38.8 Å². The zero-order valence-corrected chi connectivity index (χ0v) is 15.7. The predicted octanol–water partition coefficient (Wildman–Crippen LogP) is 3.79. The maximum atomic E-state index is 12.6. The highest BCUT2D eigenvalue weighted by Gasteiger charge is 2.35. The van der Waals surface area contributed by atoms with E-state index in [1.54, 1.807) is 11.3 Å². The van der Waals surface area contributed by atoms with E-state index in [1.807, 2.05) is 36.9 Å². The second-order valence-electron chi connectivity index (χ2n) is 5.86. The van der Waals surface area contributed by atoms with Crippen molar-refractivity contribution in [3.8, 4) is 0 Å². The molecule has 2 heterocycles. The van der Waals surface area contributed by atoms with Crippen molar-refractivity contribution in [3.63, 3.8) is 0 Å². The second kappa shape index (κ2) is 8.29. The molecule has 3 rings (SSSR count). The largest absolute Gasteiger partial charge is 0.333 e. The number of halogens is 2. The van der Waals surface area contributed by atoms with Crippen molar-refractivity contribution in [2.24, 2.45) is 11.7 Å². The third-order valence-corrected chi connectivity index (χ3v) is 5.45. The maximum absolute atomic E-state index is 12.6. The van der Waals surface area contributed by atoms with Gasteiger partial charge in [-0.3, -0.25) is 4.79 Å². The van der Waals surface area contributed by atoms with Crippen LogP contribution in [-0.4, -0.2) is 28.4 Å². The Labute approximate surface area is 153 Å². The molecule has 0 saturated carbocycles. The number of hydrogen-bond donors (Lipinski definition) is 1. The maximum Gasteiger partial charge on any atom is 0.227 e. The lowest BCUT2D eigenvalue weighted by Gasteiger charge is -2.27. The van der Waals surface area contributed by atoms with Crippen LogP contribution in [0.25, 0.3) is 10.2 Å². The van der Waals surface area contributed by atoms with Crippen LogP contribution in [0.5, 0.6) is 0 Å². The Morgan fingerprint density at radius 1 is 1.35 bits per heavy atom. The van der Waals surface area contributed by atoms with E-state index in [0.717, 1.165) is 29.9 Å². The molecule has 1 aliphatic heterocycles. The van der Waals surface area contributed by atoms with E-state index >= 15 is 0 Å². The summed E-state index contributed by atoms with van der Waals surface area (Å²) in [5.41, 5.74) is 6.91. The van der Waals surface area contributed by atoms with Crippen LogP contribution in [0.1, 0.15) is 37.7 Å². The Morgan fingerprint density at radius 2 is 2.04 bits per heavy atom. The van der Waals surface area contributed by atoms with Gasteiger partial charge in [0.05, 0.1) is 22.2 Å². The summed E-state index contributed by atoms with van der Waals surface area (Å²) >= 11 is 1.70. The lowest BCUT2D eigenvalue weighted by Crippen LogP contribution is -2.41. The van der Waals surface area contributed by atoms with Crippen molar-refractivity contribution in [1.82, 2.24) is 9.88 Å². The Morgan fingerprint density at radius 3 is 2.70 bits per heavy atom. The summed E-state index contributed by atoms with van der Waals surface area (Å²) in [6, 6.07) is 8.15. The Balaban J connectivity index is 0.00000132. The number of carbonyl (C=O) groups is 1. The topological polar surface area (TPSA) is 59.2 Å². The van der Waals surface area contributed by atoms with Gasteiger partial charge in [-0.1, -0.05) is 19.1 Å². The SMILES string of the molecule is CC(N)C(C)C(=O)N1CCCC1c1nc2ccccc2s1.Cl.Cl. The quantitative estimate of drug-likeness (QED) is 0.887. The molecule has 7 heteroatoms. The molecule has 0 aliphatic carbocycles. The molecule has 2 aromatic rings. The van der Waals surface area contributed by atoms with Gasteiger partial charge in [0.1, 0.15) is 5.01 Å². The number of amides is 1. The van der Waals surface area contributed by atoms with E-state index in [1.165, 1.54) is 4.70 Å². The highest BCUT2D eigenvalue weighted by molar-refractivity contribution is 7.18. The van der Waals surface area contributed by atoms with Gasteiger partial charge >= 0.3 is 0 Å². The number of aromatic nitrogens is 1. The first-order valence-electron chi connectivity index (χ1n) is 7.49. The predicted molar refractivity (Wildman–Crippen MR) is 101 cm³/mol. The number of likely N-dealkylation sites (tertiary alicyclic amines) is 1. The third-order valence-electron chi connectivity index (χ3n) is 4.31. The summed E-state index contributed by atoms with van der Waals surface area (Å²) < 4.78 is 1.19. The molecule has 3 atom stereocenters. The molecule has 4 nitrogen and oxygen atoms in total. The second-order valence-corrected chi connectivity index (χ2v) is 6.92. The molecule has 0 spiro atoms. The number of nitrogens with two attached hydrogens (primary N) is 1. The Bertz CT molecular complexity index is 629. The van der Waals surface area contributed by atoms with Gasteiger partial charge < -0.3 is 10.6 Å². The summed E-state index contributed by atoms with van der Waals surface area (Å²) in [6.45, 7) is 4.63. The van der Waals surface area contributed by atoms with Gasteiger partial charge in [0.15, 0.2) is 0 Å². The number of rotatable bonds is 3. The van der Waals surface area contributed by atoms with Crippen LogP contribution in [0.3, 0.4) is 0 Å². The smallest absolute Gasteiger partial charge is 0.227 e. The molecule has 1 aliphatic rings. The zero-order valence-electron chi connectivity index (χ0n) is 13.3. The van der Waals surface area contributed by atoms with Gasteiger partial charge in [-0.2, -0.15) is 0 Å². The summed E-state index contributed by atoms with van der Waals surface area (Å²) in [4.78, 5) is 19.3.